The van der Waals surface area contributed by atoms with Gasteiger partial charge in [0.05, 0.1) is 29.7 Å². The van der Waals surface area contributed by atoms with Crippen LogP contribution >= 0.6 is 0 Å². The molecular formula is C20H32FN5O. The van der Waals surface area contributed by atoms with Gasteiger partial charge in [0.15, 0.2) is 0 Å². The lowest BCUT2D eigenvalue weighted by molar-refractivity contribution is 0.112. The maximum atomic E-state index is 14.0. The number of ether oxygens (including phenoxy) is 1. The van der Waals surface area contributed by atoms with Crippen LogP contribution in [0.25, 0.3) is 0 Å². The van der Waals surface area contributed by atoms with Crippen LogP contribution in [0.1, 0.15) is 40.5 Å². The molecule has 27 heavy (non-hydrogen) atoms. The maximum absolute atomic E-state index is 14.0. The summed E-state index contributed by atoms with van der Waals surface area (Å²) in [5, 5.41) is 12.7. The van der Waals surface area contributed by atoms with E-state index < -0.39 is 17.2 Å². The van der Waals surface area contributed by atoms with E-state index >= 15 is 0 Å². The maximum Gasteiger partial charge on any atom is 0.125 e. The van der Waals surface area contributed by atoms with Crippen LogP contribution in [0.15, 0.2) is 45.6 Å². The van der Waals surface area contributed by atoms with Crippen molar-refractivity contribution in [2.45, 2.75) is 40.5 Å². The number of rotatable bonds is 13. The number of halogens is 1. The van der Waals surface area contributed by atoms with Crippen molar-refractivity contribution >= 4 is 13.1 Å². The van der Waals surface area contributed by atoms with Crippen molar-refractivity contribution in [3.05, 3.63) is 35.6 Å². The van der Waals surface area contributed by atoms with E-state index in [-0.39, 0.29) is 0 Å². The molecule has 0 saturated heterocycles. The highest BCUT2D eigenvalue weighted by Crippen LogP contribution is 2.23. The lowest BCUT2D eigenvalue weighted by atomic mass is 9.88. The summed E-state index contributed by atoms with van der Waals surface area (Å²) < 4.78 is 19.5. The van der Waals surface area contributed by atoms with Gasteiger partial charge in [-0.05, 0) is 39.5 Å². The number of hydrogen-bond donors (Lipinski definition) is 2. The van der Waals surface area contributed by atoms with Crippen LogP contribution in [-0.4, -0.2) is 32.8 Å². The highest BCUT2D eigenvalue weighted by atomic mass is 19.1. The summed E-state index contributed by atoms with van der Waals surface area (Å²) in [6.45, 7) is 12.6. The van der Waals surface area contributed by atoms with Gasteiger partial charge in [0, 0.05) is 31.9 Å². The Labute approximate surface area is 162 Å². The first-order valence-electron chi connectivity index (χ1n) is 8.99. The minimum atomic E-state index is -0.595. The van der Waals surface area contributed by atoms with Crippen molar-refractivity contribution in [1.29, 1.82) is 5.26 Å². The average Bonchev–Trinajstić information content (AvgIpc) is 2.67. The van der Waals surface area contributed by atoms with E-state index in [1.807, 2.05) is 20.8 Å². The van der Waals surface area contributed by atoms with E-state index in [0.717, 1.165) is 24.5 Å². The minimum Gasteiger partial charge on any atom is -0.390 e. The van der Waals surface area contributed by atoms with Gasteiger partial charge in [-0.1, -0.05) is 19.4 Å². The highest BCUT2D eigenvalue weighted by molar-refractivity contribution is 5.52. The third-order valence-corrected chi connectivity index (χ3v) is 4.09. The Kier molecular flexibility index (Phi) is 12.5. The fourth-order valence-corrected chi connectivity index (χ4v) is 2.07. The fourth-order valence-electron chi connectivity index (χ4n) is 2.07. The second kappa shape index (κ2) is 13.7. The molecular weight excluding hydrogens is 345 g/mol. The standard InChI is InChI=1S/C20H32FN5O/c1-6-8-27-9-7-20(4,13-22)14-26-18(11-24-5)10-16(2)17(3)19(21)12-25-15-23/h10-12,15,17,26H,5-9,14H2,1-4H3,(H2,23,25)/b16-10+,18-11+,19-12+. The van der Waals surface area contributed by atoms with Gasteiger partial charge in [0.25, 0.3) is 0 Å². The molecule has 0 amide bonds. The van der Waals surface area contributed by atoms with Gasteiger partial charge in [0.1, 0.15) is 5.83 Å². The Morgan fingerprint density at radius 1 is 1.44 bits per heavy atom. The molecule has 0 heterocycles. The average molecular weight is 378 g/mol. The van der Waals surface area contributed by atoms with Gasteiger partial charge in [0.2, 0.25) is 0 Å². The first-order valence-corrected chi connectivity index (χ1v) is 8.99. The summed E-state index contributed by atoms with van der Waals surface area (Å²) in [7, 11) is 0. The molecule has 0 rings (SSSR count). The molecule has 0 fully saturated rings. The zero-order valence-electron chi connectivity index (χ0n) is 16.8. The van der Waals surface area contributed by atoms with E-state index in [0.29, 0.717) is 31.9 Å². The number of nitrogens with zero attached hydrogens (tertiary/aromatic N) is 3. The molecule has 2 unspecified atom stereocenters. The molecule has 7 heteroatoms. The molecule has 0 bridgehead atoms. The summed E-state index contributed by atoms with van der Waals surface area (Å²) in [6, 6.07) is 2.34. The van der Waals surface area contributed by atoms with E-state index in [9.17, 15) is 9.65 Å². The topological polar surface area (TPSA) is 95.8 Å². The van der Waals surface area contributed by atoms with Gasteiger partial charge in [-0.25, -0.2) is 9.38 Å². The van der Waals surface area contributed by atoms with Crippen molar-refractivity contribution in [3.63, 3.8) is 0 Å². The van der Waals surface area contributed by atoms with Gasteiger partial charge in [-0.3, -0.25) is 4.99 Å². The summed E-state index contributed by atoms with van der Waals surface area (Å²) in [4.78, 5) is 7.37. The number of nitrogens with two attached hydrogens (primary N) is 1. The molecule has 2 atom stereocenters. The Hall–Kier alpha value is -2.46. The highest BCUT2D eigenvalue weighted by Gasteiger charge is 2.23. The van der Waals surface area contributed by atoms with Crippen molar-refractivity contribution in [2.24, 2.45) is 27.1 Å². The number of aliphatic imine (C=N–C) groups is 2. The molecule has 0 aliphatic rings. The normalized spacial score (nSPS) is 16.7. The monoisotopic (exact) mass is 377 g/mol. The number of hydrogen-bond acceptors (Lipinski definition) is 5. The molecule has 0 radical (unpaired) electrons. The first-order chi connectivity index (χ1) is 12.8. The predicted octanol–water partition coefficient (Wildman–Crippen LogP) is 3.84. The van der Waals surface area contributed by atoms with E-state index in [2.05, 4.69) is 28.1 Å². The predicted molar refractivity (Wildman–Crippen MR) is 110 cm³/mol. The van der Waals surface area contributed by atoms with Gasteiger partial charge in [-0.15, -0.1) is 0 Å². The number of allylic oxidation sites excluding steroid dienone is 3. The molecule has 150 valence electrons. The fraction of sp³-hybridized carbons (Fsp3) is 0.550. The second-order valence-corrected chi connectivity index (χ2v) is 6.58. The smallest absolute Gasteiger partial charge is 0.125 e. The minimum absolute atomic E-state index is 0.397. The van der Waals surface area contributed by atoms with Crippen molar-refractivity contribution in [1.82, 2.24) is 5.32 Å². The molecule has 6 nitrogen and oxygen atoms in total. The molecule has 0 aliphatic heterocycles. The van der Waals surface area contributed by atoms with Crippen molar-refractivity contribution in [2.75, 3.05) is 19.8 Å². The summed E-state index contributed by atoms with van der Waals surface area (Å²) >= 11 is 0. The molecule has 0 aromatic rings. The third-order valence-electron chi connectivity index (χ3n) is 4.09. The third kappa shape index (κ3) is 10.3. The van der Waals surface area contributed by atoms with Crippen LogP contribution < -0.4 is 11.1 Å². The van der Waals surface area contributed by atoms with Crippen LogP contribution in [0.4, 0.5) is 4.39 Å². The first kappa shape index (κ1) is 24.5. The van der Waals surface area contributed by atoms with Crippen LogP contribution in [-0.2, 0) is 4.74 Å². The van der Waals surface area contributed by atoms with Gasteiger partial charge >= 0.3 is 0 Å². The van der Waals surface area contributed by atoms with Crippen LogP contribution in [0.3, 0.4) is 0 Å². The van der Waals surface area contributed by atoms with Crippen LogP contribution in [0.2, 0.25) is 0 Å². The molecule has 0 aliphatic carbocycles. The second-order valence-electron chi connectivity index (χ2n) is 6.58. The molecule has 3 N–H and O–H groups in total. The lowest BCUT2D eigenvalue weighted by Crippen LogP contribution is -2.31. The molecule has 0 aromatic carbocycles. The summed E-state index contributed by atoms with van der Waals surface area (Å²) in [6.07, 6.45) is 7.01. The quantitative estimate of drug-likeness (QED) is 0.221. The van der Waals surface area contributed by atoms with Crippen molar-refractivity contribution in [3.8, 4) is 6.07 Å². The lowest BCUT2D eigenvalue weighted by Gasteiger charge is -2.23. The Bertz CT molecular complexity index is 618. The van der Waals surface area contributed by atoms with E-state index in [1.54, 1.807) is 19.2 Å². The Morgan fingerprint density at radius 2 is 2.15 bits per heavy atom. The van der Waals surface area contributed by atoms with Crippen LogP contribution in [0.5, 0.6) is 0 Å². The van der Waals surface area contributed by atoms with E-state index in [1.165, 1.54) is 0 Å². The van der Waals surface area contributed by atoms with Gasteiger partial charge < -0.3 is 15.8 Å². The SMILES string of the molecule is C=N/C=C(\C=C(/C)C(C)/C(F)=C\N=CN)NCC(C)(C#N)CCOCCC. The number of nitrogens with one attached hydrogen (secondary N) is 1. The van der Waals surface area contributed by atoms with Gasteiger partial charge in [-0.2, -0.15) is 5.26 Å². The Balaban J connectivity index is 5.06. The zero-order chi connectivity index (χ0) is 20.7. The Morgan fingerprint density at radius 3 is 2.70 bits per heavy atom. The largest absolute Gasteiger partial charge is 0.390 e. The molecule has 0 saturated carbocycles. The number of nitriles is 1. The van der Waals surface area contributed by atoms with Crippen molar-refractivity contribution < 1.29 is 9.13 Å². The van der Waals surface area contributed by atoms with E-state index in [4.69, 9.17) is 10.5 Å². The molecule has 0 aromatic heterocycles. The summed E-state index contributed by atoms with van der Waals surface area (Å²) in [5.74, 6) is -0.861. The molecule has 0 spiro atoms. The van der Waals surface area contributed by atoms with Crippen LogP contribution in [0, 0.1) is 22.7 Å². The summed E-state index contributed by atoms with van der Waals surface area (Å²) in [5.41, 5.74) is 5.95. The zero-order valence-corrected chi connectivity index (χ0v) is 16.8.